The summed E-state index contributed by atoms with van der Waals surface area (Å²) in [6, 6.07) is 11.7. The monoisotopic (exact) mass is 380 g/mol. The summed E-state index contributed by atoms with van der Waals surface area (Å²) < 4.78 is 24.8. The number of hydrogen-bond donors (Lipinski definition) is 1. The lowest BCUT2D eigenvalue weighted by Crippen LogP contribution is -2.49. The summed E-state index contributed by atoms with van der Waals surface area (Å²) in [6.45, 7) is 1.74. The van der Waals surface area contributed by atoms with E-state index >= 15 is 0 Å². The van der Waals surface area contributed by atoms with Gasteiger partial charge in [-0.05, 0) is 18.2 Å². The molecule has 0 bridgehead atoms. The van der Waals surface area contributed by atoms with Crippen molar-refractivity contribution in [2.75, 3.05) is 33.9 Å². The normalized spacial score (nSPS) is 16.6. The number of carbonyl (C=O) groups excluding carboxylic acids is 1. The van der Waals surface area contributed by atoms with Gasteiger partial charge < -0.3 is 19.7 Å². The number of para-hydroxylation sites is 1. The van der Waals surface area contributed by atoms with Crippen LogP contribution < -0.4 is 14.8 Å². The number of amides is 1. The Labute approximate surface area is 158 Å². The van der Waals surface area contributed by atoms with Gasteiger partial charge in [-0.25, -0.2) is 4.39 Å². The van der Waals surface area contributed by atoms with Crippen molar-refractivity contribution < 1.29 is 18.7 Å². The van der Waals surface area contributed by atoms with Gasteiger partial charge in [-0.1, -0.05) is 18.2 Å². The lowest BCUT2D eigenvalue weighted by molar-refractivity contribution is 0.0627. The molecule has 1 unspecified atom stereocenters. The Balaban J connectivity index is 0.00000243. The van der Waals surface area contributed by atoms with Crippen LogP contribution in [0.5, 0.6) is 11.5 Å². The number of piperazine rings is 1. The van der Waals surface area contributed by atoms with Crippen LogP contribution in [0.3, 0.4) is 0 Å². The largest absolute Gasteiger partial charge is 0.497 e. The Bertz CT molecular complexity index is 772. The number of nitrogens with one attached hydrogen (secondary N) is 1. The predicted molar refractivity (Wildman–Crippen MR) is 99.8 cm³/mol. The van der Waals surface area contributed by atoms with Gasteiger partial charge in [0, 0.05) is 31.3 Å². The molecule has 0 aliphatic carbocycles. The van der Waals surface area contributed by atoms with Crippen molar-refractivity contribution in [3.8, 4) is 11.5 Å². The van der Waals surface area contributed by atoms with Crippen LogP contribution in [0.1, 0.15) is 22.0 Å². The van der Waals surface area contributed by atoms with Crippen molar-refractivity contribution in [3.63, 3.8) is 0 Å². The van der Waals surface area contributed by atoms with Crippen molar-refractivity contribution in [1.82, 2.24) is 10.2 Å². The second kappa shape index (κ2) is 8.87. The number of ether oxygens (including phenoxy) is 2. The zero-order chi connectivity index (χ0) is 17.8. The molecule has 1 atom stereocenters. The molecule has 1 N–H and O–H groups in total. The quantitative estimate of drug-likeness (QED) is 0.885. The Kier molecular flexibility index (Phi) is 6.83. The number of hydrogen-bond acceptors (Lipinski definition) is 4. The highest BCUT2D eigenvalue weighted by atomic mass is 35.5. The molecule has 0 spiro atoms. The van der Waals surface area contributed by atoms with Crippen LogP contribution >= 0.6 is 12.4 Å². The molecule has 2 aromatic carbocycles. The van der Waals surface area contributed by atoms with Crippen LogP contribution in [0, 0.1) is 5.82 Å². The van der Waals surface area contributed by atoms with Crippen molar-refractivity contribution in [2.24, 2.45) is 0 Å². The summed E-state index contributed by atoms with van der Waals surface area (Å²) in [5.74, 6) is 0.180. The van der Waals surface area contributed by atoms with Crippen LogP contribution in [0.15, 0.2) is 42.5 Å². The molecule has 0 aromatic heterocycles. The van der Waals surface area contributed by atoms with Crippen molar-refractivity contribution in [3.05, 3.63) is 59.4 Å². The lowest BCUT2D eigenvalue weighted by Gasteiger charge is -2.37. The van der Waals surface area contributed by atoms with Gasteiger partial charge in [-0.15, -0.1) is 12.4 Å². The topological polar surface area (TPSA) is 50.8 Å². The molecule has 0 radical (unpaired) electrons. The standard InChI is InChI=1S/C19H21FN2O3.ClH/c1-24-13-7-8-14(16(20)11-13)19(23)22-10-9-21-12-17(22)15-5-3-4-6-18(15)25-2;/h3-8,11,17,21H,9-10,12H2,1-2H3;1H. The number of benzene rings is 2. The minimum absolute atomic E-state index is 0. The molecular weight excluding hydrogens is 359 g/mol. The highest BCUT2D eigenvalue weighted by molar-refractivity contribution is 5.95. The summed E-state index contributed by atoms with van der Waals surface area (Å²) >= 11 is 0. The van der Waals surface area contributed by atoms with Crippen LogP contribution in [-0.4, -0.2) is 44.7 Å². The summed E-state index contributed by atoms with van der Waals surface area (Å²) in [6.07, 6.45) is 0. The molecule has 1 aliphatic rings. The predicted octanol–water partition coefficient (Wildman–Crippen LogP) is 3.05. The molecule has 1 heterocycles. The number of rotatable bonds is 4. The summed E-state index contributed by atoms with van der Waals surface area (Å²) in [5, 5.41) is 3.29. The van der Waals surface area contributed by atoms with Gasteiger partial charge in [0.25, 0.3) is 5.91 Å². The fourth-order valence-corrected chi connectivity index (χ4v) is 3.12. The van der Waals surface area contributed by atoms with Crippen molar-refractivity contribution in [1.29, 1.82) is 0 Å². The summed E-state index contributed by atoms with van der Waals surface area (Å²) in [4.78, 5) is 14.7. The second-order valence-electron chi connectivity index (χ2n) is 5.81. The number of nitrogens with zero attached hydrogens (tertiary/aromatic N) is 1. The van der Waals surface area contributed by atoms with E-state index in [2.05, 4.69) is 5.32 Å². The molecule has 140 valence electrons. The molecule has 1 fully saturated rings. The molecule has 1 saturated heterocycles. The Morgan fingerprint density at radius 2 is 1.96 bits per heavy atom. The molecule has 7 heteroatoms. The molecule has 5 nitrogen and oxygen atoms in total. The first-order valence-corrected chi connectivity index (χ1v) is 8.14. The number of methoxy groups -OCH3 is 2. The minimum Gasteiger partial charge on any atom is -0.497 e. The smallest absolute Gasteiger partial charge is 0.257 e. The SMILES string of the molecule is COc1ccc(C(=O)N2CCNCC2c2ccccc2OC)c(F)c1.Cl. The number of halogens is 2. The average molecular weight is 381 g/mol. The average Bonchev–Trinajstić information content (AvgIpc) is 2.67. The minimum atomic E-state index is -0.582. The van der Waals surface area contributed by atoms with Crippen LogP contribution in [0.25, 0.3) is 0 Å². The van der Waals surface area contributed by atoms with E-state index < -0.39 is 5.82 Å². The molecule has 3 rings (SSSR count). The lowest BCUT2D eigenvalue weighted by atomic mass is 10.0. The zero-order valence-electron chi connectivity index (χ0n) is 14.7. The first-order valence-electron chi connectivity index (χ1n) is 8.14. The maximum atomic E-state index is 14.3. The van der Waals surface area contributed by atoms with Crippen LogP contribution in [0.2, 0.25) is 0 Å². The first kappa shape index (κ1) is 20.0. The van der Waals surface area contributed by atoms with E-state index in [1.807, 2.05) is 24.3 Å². The molecule has 0 saturated carbocycles. The van der Waals surface area contributed by atoms with Gasteiger partial charge in [0.15, 0.2) is 0 Å². The Hall–Kier alpha value is -2.31. The fourth-order valence-electron chi connectivity index (χ4n) is 3.12. The highest BCUT2D eigenvalue weighted by Gasteiger charge is 2.31. The van der Waals surface area contributed by atoms with Gasteiger partial charge in [-0.3, -0.25) is 4.79 Å². The van der Waals surface area contributed by atoms with E-state index in [1.54, 1.807) is 18.1 Å². The third-order valence-electron chi connectivity index (χ3n) is 4.41. The second-order valence-corrected chi connectivity index (χ2v) is 5.81. The van der Waals surface area contributed by atoms with E-state index in [9.17, 15) is 9.18 Å². The Morgan fingerprint density at radius 3 is 2.65 bits per heavy atom. The van der Waals surface area contributed by atoms with Crippen molar-refractivity contribution >= 4 is 18.3 Å². The van der Waals surface area contributed by atoms with E-state index in [0.717, 1.165) is 5.56 Å². The van der Waals surface area contributed by atoms with Gasteiger partial charge in [0.2, 0.25) is 0 Å². The van der Waals surface area contributed by atoms with Gasteiger partial charge >= 0.3 is 0 Å². The van der Waals surface area contributed by atoms with Gasteiger partial charge in [0.1, 0.15) is 17.3 Å². The summed E-state index contributed by atoms with van der Waals surface area (Å²) in [5.41, 5.74) is 0.946. The molecule has 26 heavy (non-hydrogen) atoms. The highest BCUT2D eigenvalue weighted by Crippen LogP contribution is 2.31. The van der Waals surface area contributed by atoms with E-state index in [4.69, 9.17) is 9.47 Å². The van der Waals surface area contributed by atoms with Gasteiger partial charge in [0.05, 0.1) is 25.8 Å². The van der Waals surface area contributed by atoms with Crippen LogP contribution in [0.4, 0.5) is 4.39 Å². The molecular formula is C19H22ClFN2O3. The maximum absolute atomic E-state index is 14.3. The zero-order valence-corrected chi connectivity index (χ0v) is 15.5. The van der Waals surface area contributed by atoms with E-state index in [0.29, 0.717) is 31.1 Å². The van der Waals surface area contributed by atoms with Crippen LogP contribution in [-0.2, 0) is 0 Å². The maximum Gasteiger partial charge on any atom is 0.257 e. The fraction of sp³-hybridized carbons (Fsp3) is 0.316. The Morgan fingerprint density at radius 1 is 1.19 bits per heavy atom. The number of carbonyl (C=O) groups is 1. The molecule has 2 aromatic rings. The third-order valence-corrected chi connectivity index (χ3v) is 4.41. The summed E-state index contributed by atoms with van der Waals surface area (Å²) in [7, 11) is 3.06. The molecule has 1 amide bonds. The van der Waals surface area contributed by atoms with Gasteiger partial charge in [-0.2, -0.15) is 0 Å². The molecule has 1 aliphatic heterocycles. The third kappa shape index (κ3) is 3.92. The van der Waals surface area contributed by atoms with E-state index in [1.165, 1.54) is 19.2 Å². The van der Waals surface area contributed by atoms with Crippen molar-refractivity contribution in [2.45, 2.75) is 6.04 Å². The van der Waals surface area contributed by atoms with E-state index in [-0.39, 0.29) is 29.9 Å². The first-order chi connectivity index (χ1) is 12.2.